The van der Waals surface area contributed by atoms with Crippen molar-refractivity contribution < 1.29 is 14.3 Å². The summed E-state index contributed by atoms with van der Waals surface area (Å²) in [6.07, 6.45) is 1.04. The summed E-state index contributed by atoms with van der Waals surface area (Å²) < 4.78 is 11.8. The summed E-state index contributed by atoms with van der Waals surface area (Å²) in [5.74, 6) is 3.45. The van der Waals surface area contributed by atoms with E-state index < -0.39 is 0 Å². The summed E-state index contributed by atoms with van der Waals surface area (Å²) in [4.78, 5) is 12.5. The molecule has 4 rings (SSSR count). The number of amides is 1. The van der Waals surface area contributed by atoms with Crippen LogP contribution in [0.15, 0.2) is 36.4 Å². The van der Waals surface area contributed by atoms with Gasteiger partial charge in [-0.25, -0.2) is 0 Å². The maximum Gasteiger partial charge on any atom is 0.228 e. The number of anilines is 1. The molecule has 2 aliphatic rings. The van der Waals surface area contributed by atoms with Gasteiger partial charge in [-0.1, -0.05) is 23.7 Å². The van der Waals surface area contributed by atoms with Crippen LogP contribution < -0.4 is 14.8 Å². The molecule has 2 aliphatic heterocycles. The first kappa shape index (κ1) is 18.8. The number of hydrogen-bond acceptors (Lipinski definition) is 5. The van der Waals surface area contributed by atoms with E-state index in [1.54, 1.807) is 6.07 Å². The summed E-state index contributed by atoms with van der Waals surface area (Å²) in [6.45, 7) is 1.17. The van der Waals surface area contributed by atoms with Gasteiger partial charge in [-0.2, -0.15) is 0 Å². The molecule has 2 heterocycles. The van der Waals surface area contributed by atoms with E-state index >= 15 is 0 Å². The lowest BCUT2D eigenvalue weighted by molar-refractivity contribution is -0.115. The SMILES string of the molecule is O=C(Cc1cc(Cl)c2c(c1)OCCCO2)Nc1cccc(C2SCCS2)c1. The van der Waals surface area contributed by atoms with Crippen molar-refractivity contribution >= 4 is 46.7 Å². The van der Waals surface area contributed by atoms with Gasteiger partial charge in [-0.15, -0.1) is 23.5 Å². The standard InChI is InChI=1S/C20H20ClNO3S2/c21-16-9-13(10-17-19(16)25-6-2-5-24-17)11-18(23)22-15-4-1-3-14(12-15)20-26-7-8-27-20/h1,3-4,9-10,12,20H,2,5-8,11H2,(H,22,23). The number of thioether (sulfide) groups is 2. The molecule has 1 amide bonds. The van der Waals surface area contributed by atoms with Crippen molar-refractivity contribution in [1.82, 2.24) is 0 Å². The molecule has 0 bridgehead atoms. The Morgan fingerprint density at radius 2 is 1.96 bits per heavy atom. The lowest BCUT2D eigenvalue weighted by atomic mass is 10.1. The Balaban J connectivity index is 1.44. The van der Waals surface area contributed by atoms with E-state index in [0.717, 1.165) is 17.7 Å². The average Bonchev–Trinajstić information content (AvgIpc) is 3.08. The molecule has 27 heavy (non-hydrogen) atoms. The van der Waals surface area contributed by atoms with Gasteiger partial charge in [0, 0.05) is 23.6 Å². The number of carbonyl (C=O) groups is 1. The van der Waals surface area contributed by atoms with E-state index in [-0.39, 0.29) is 12.3 Å². The summed E-state index contributed by atoms with van der Waals surface area (Å²) >= 11 is 10.2. The van der Waals surface area contributed by atoms with Gasteiger partial charge in [0.2, 0.25) is 5.91 Å². The van der Waals surface area contributed by atoms with Crippen LogP contribution in [0.4, 0.5) is 5.69 Å². The molecule has 0 radical (unpaired) electrons. The predicted molar refractivity (Wildman–Crippen MR) is 113 cm³/mol. The monoisotopic (exact) mass is 421 g/mol. The summed E-state index contributed by atoms with van der Waals surface area (Å²) in [5.41, 5.74) is 2.88. The highest BCUT2D eigenvalue weighted by Gasteiger charge is 2.19. The van der Waals surface area contributed by atoms with Crippen LogP contribution in [0.1, 0.15) is 22.1 Å². The number of fused-ring (bicyclic) bond motifs is 1. The van der Waals surface area contributed by atoms with Gasteiger partial charge in [-0.05, 0) is 35.4 Å². The fourth-order valence-corrected chi connectivity index (χ4v) is 6.22. The molecular formula is C20H20ClNO3S2. The minimum Gasteiger partial charge on any atom is -0.489 e. The number of nitrogens with one attached hydrogen (secondary N) is 1. The van der Waals surface area contributed by atoms with E-state index in [4.69, 9.17) is 21.1 Å². The molecule has 2 aromatic carbocycles. The third kappa shape index (κ3) is 4.68. The Hall–Kier alpha value is -1.50. The van der Waals surface area contributed by atoms with E-state index in [9.17, 15) is 4.79 Å². The Labute approximate surface area is 172 Å². The Kier molecular flexibility index (Phi) is 6.05. The average molecular weight is 422 g/mol. The summed E-state index contributed by atoms with van der Waals surface area (Å²) in [7, 11) is 0. The molecule has 1 N–H and O–H groups in total. The summed E-state index contributed by atoms with van der Waals surface area (Å²) in [6, 6.07) is 11.7. The van der Waals surface area contributed by atoms with Crippen LogP contribution >= 0.6 is 35.1 Å². The zero-order valence-corrected chi connectivity index (χ0v) is 17.1. The van der Waals surface area contributed by atoms with Crippen molar-refractivity contribution in [2.24, 2.45) is 0 Å². The minimum absolute atomic E-state index is 0.0792. The van der Waals surface area contributed by atoms with Crippen molar-refractivity contribution in [3.63, 3.8) is 0 Å². The quantitative estimate of drug-likeness (QED) is 0.738. The van der Waals surface area contributed by atoms with Gasteiger partial charge in [0.25, 0.3) is 0 Å². The largest absolute Gasteiger partial charge is 0.489 e. The molecule has 0 spiro atoms. The first-order valence-electron chi connectivity index (χ1n) is 8.90. The zero-order chi connectivity index (χ0) is 18.6. The van der Waals surface area contributed by atoms with Gasteiger partial charge in [0.15, 0.2) is 11.5 Å². The van der Waals surface area contributed by atoms with Crippen LogP contribution in [0.25, 0.3) is 0 Å². The van der Waals surface area contributed by atoms with Crippen LogP contribution in [0, 0.1) is 0 Å². The van der Waals surface area contributed by atoms with Crippen molar-refractivity contribution in [3.8, 4) is 11.5 Å². The van der Waals surface area contributed by atoms with Gasteiger partial charge in [0.1, 0.15) is 0 Å². The second-order valence-corrected chi connectivity index (χ2v) is 9.51. The second-order valence-electron chi connectivity index (χ2n) is 6.38. The smallest absolute Gasteiger partial charge is 0.228 e. The Morgan fingerprint density at radius 1 is 1.15 bits per heavy atom. The van der Waals surface area contributed by atoms with Gasteiger partial charge >= 0.3 is 0 Å². The topological polar surface area (TPSA) is 47.6 Å². The molecule has 7 heteroatoms. The first-order chi connectivity index (χ1) is 13.2. The number of halogens is 1. The normalized spacial score (nSPS) is 16.8. The summed E-state index contributed by atoms with van der Waals surface area (Å²) in [5, 5.41) is 3.47. The highest BCUT2D eigenvalue weighted by molar-refractivity contribution is 8.19. The predicted octanol–water partition coefficient (Wildman–Crippen LogP) is 5.16. The molecule has 2 aromatic rings. The van der Waals surface area contributed by atoms with Crippen LogP contribution in [0.5, 0.6) is 11.5 Å². The van der Waals surface area contributed by atoms with E-state index in [2.05, 4.69) is 17.4 Å². The lowest BCUT2D eigenvalue weighted by Crippen LogP contribution is -2.14. The van der Waals surface area contributed by atoms with Crippen LogP contribution in [0.2, 0.25) is 5.02 Å². The molecule has 0 aliphatic carbocycles. The number of ether oxygens (including phenoxy) is 2. The first-order valence-corrected chi connectivity index (χ1v) is 11.4. The van der Waals surface area contributed by atoms with Crippen LogP contribution in [0.3, 0.4) is 0 Å². The van der Waals surface area contributed by atoms with Crippen LogP contribution in [-0.2, 0) is 11.2 Å². The van der Waals surface area contributed by atoms with E-state index in [1.807, 2.05) is 41.7 Å². The van der Waals surface area contributed by atoms with Gasteiger partial charge < -0.3 is 14.8 Å². The third-order valence-corrected chi connectivity index (χ3v) is 7.68. The second kappa shape index (κ2) is 8.67. The van der Waals surface area contributed by atoms with E-state index in [1.165, 1.54) is 17.1 Å². The van der Waals surface area contributed by atoms with Crippen molar-refractivity contribution in [2.75, 3.05) is 30.0 Å². The highest BCUT2D eigenvalue weighted by Crippen LogP contribution is 2.45. The molecular weight excluding hydrogens is 402 g/mol. The maximum absolute atomic E-state index is 12.5. The number of hydrogen-bond donors (Lipinski definition) is 1. The fraction of sp³-hybridized carbons (Fsp3) is 0.350. The Bertz CT molecular complexity index is 840. The van der Waals surface area contributed by atoms with Crippen LogP contribution in [-0.4, -0.2) is 30.6 Å². The molecule has 0 unspecified atom stereocenters. The zero-order valence-electron chi connectivity index (χ0n) is 14.7. The molecule has 0 saturated carbocycles. The molecule has 1 saturated heterocycles. The Morgan fingerprint density at radius 3 is 2.81 bits per heavy atom. The number of rotatable bonds is 4. The molecule has 1 fully saturated rings. The van der Waals surface area contributed by atoms with E-state index in [0.29, 0.717) is 34.3 Å². The lowest BCUT2D eigenvalue weighted by Gasteiger charge is -2.13. The molecule has 142 valence electrons. The minimum atomic E-state index is -0.0792. The number of benzene rings is 2. The highest BCUT2D eigenvalue weighted by atomic mass is 35.5. The number of carbonyl (C=O) groups excluding carboxylic acids is 1. The third-order valence-electron chi connectivity index (χ3n) is 4.29. The molecule has 0 aromatic heterocycles. The molecule has 0 atom stereocenters. The maximum atomic E-state index is 12.5. The van der Waals surface area contributed by atoms with Crippen molar-refractivity contribution in [3.05, 3.63) is 52.5 Å². The van der Waals surface area contributed by atoms with Crippen molar-refractivity contribution in [2.45, 2.75) is 17.4 Å². The van der Waals surface area contributed by atoms with Gasteiger partial charge in [0.05, 0.1) is 29.2 Å². The van der Waals surface area contributed by atoms with Crippen molar-refractivity contribution in [1.29, 1.82) is 0 Å². The molecule has 4 nitrogen and oxygen atoms in total. The fourth-order valence-electron chi connectivity index (χ4n) is 3.09. The van der Waals surface area contributed by atoms with Gasteiger partial charge in [-0.3, -0.25) is 4.79 Å².